The fourth-order valence-electron chi connectivity index (χ4n) is 1.50. The third kappa shape index (κ3) is 1.50. The van der Waals surface area contributed by atoms with Crippen LogP contribution in [0.5, 0.6) is 11.5 Å². The molecule has 17 heavy (non-hydrogen) atoms. The van der Waals surface area contributed by atoms with Crippen LogP contribution in [0.3, 0.4) is 0 Å². The highest BCUT2D eigenvalue weighted by atomic mass is 35.5. The second-order valence-corrected chi connectivity index (χ2v) is 4.02. The van der Waals surface area contributed by atoms with Crippen molar-refractivity contribution in [1.29, 1.82) is 0 Å². The number of allylic oxidation sites excluding steroid dienone is 2. The predicted octanol–water partition coefficient (Wildman–Crippen LogP) is 2.31. The van der Waals surface area contributed by atoms with E-state index in [1.165, 1.54) is 0 Å². The Hall–Kier alpha value is -1.59. The summed E-state index contributed by atoms with van der Waals surface area (Å²) in [5.74, 6) is -5.02. The number of aromatic hydroxyl groups is 2. The number of hydrogen-bond donors (Lipinski definition) is 2. The molecule has 7 heteroatoms. The SMILES string of the molecule is O=C1C(Cl)=C(Cl)C(=O)c2c(O)c(F)cc(O)c21. The van der Waals surface area contributed by atoms with Gasteiger partial charge in [-0.05, 0) is 0 Å². The van der Waals surface area contributed by atoms with Gasteiger partial charge in [0.25, 0.3) is 0 Å². The highest BCUT2D eigenvalue weighted by Crippen LogP contribution is 2.40. The smallest absolute Gasteiger partial charge is 0.210 e. The van der Waals surface area contributed by atoms with E-state index in [0.29, 0.717) is 6.07 Å². The van der Waals surface area contributed by atoms with Crippen LogP contribution >= 0.6 is 23.2 Å². The minimum atomic E-state index is -1.23. The van der Waals surface area contributed by atoms with Gasteiger partial charge in [0.2, 0.25) is 11.6 Å². The summed E-state index contributed by atoms with van der Waals surface area (Å²) in [5.41, 5.74) is -1.23. The molecule has 0 unspecified atom stereocenters. The number of benzene rings is 1. The van der Waals surface area contributed by atoms with Gasteiger partial charge < -0.3 is 10.2 Å². The molecule has 1 aromatic carbocycles. The maximum Gasteiger partial charge on any atom is 0.210 e. The largest absolute Gasteiger partial charge is 0.507 e. The number of fused-ring (bicyclic) bond motifs is 1. The average Bonchev–Trinajstić information content (AvgIpc) is 2.28. The Labute approximate surface area is 104 Å². The van der Waals surface area contributed by atoms with Crippen LogP contribution in [-0.2, 0) is 0 Å². The molecule has 1 aromatic rings. The van der Waals surface area contributed by atoms with E-state index in [4.69, 9.17) is 23.2 Å². The van der Waals surface area contributed by atoms with Crippen LogP contribution in [0.1, 0.15) is 20.7 Å². The Morgan fingerprint density at radius 3 is 2.00 bits per heavy atom. The maximum atomic E-state index is 13.1. The molecule has 0 fully saturated rings. The monoisotopic (exact) mass is 276 g/mol. The van der Waals surface area contributed by atoms with E-state index in [-0.39, 0.29) is 0 Å². The van der Waals surface area contributed by atoms with Gasteiger partial charge in [-0.15, -0.1) is 0 Å². The van der Waals surface area contributed by atoms with Crippen LogP contribution < -0.4 is 0 Å². The number of carbonyl (C=O) groups is 2. The first-order valence-corrected chi connectivity index (χ1v) is 5.01. The molecule has 0 saturated carbocycles. The zero-order chi connectivity index (χ0) is 12.9. The van der Waals surface area contributed by atoms with Crippen molar-refractivity contribution < 1.29 is 24.2 Å². The number of rotatable bonds is 0. The number of hydrogen-bond acceptors (Lipinski definition) is 4. The van der Waals surface area contributed by atoms with Gasteiger partial charge >= 0.3 is 0 Å². The van der Waals surface area contributed by atoms with Gasteiger partial charge in [-0.2, -0.15) is 0 Å². The lowest BCUT2D eigenvalue weighted by Crippen LogP contribution is -2.18. The lowest BCUT2D eigenvalue weighted by Gasteiger charge is -2.16. The Balaban J connectivity index is 2.90. The molecule has 0 radical (unpaired) electrons. The summed E-state index contributed by atoms with van der Waals surface area (Å²) >= 11 is 11.0. The van der Waals surface area contributed by atoms with E-state index in [0.717, 1.165) is 0 Å². The van der Waals surface area contributed by atoms with Crippen molar-refractivity contribution in [3.05, 3.63) is 33.1 Å². The summed E-state index contributed by atoms with van der Waals surface area (Å²) in [5, 5.41) is 17.6. The Bertz CT molecular complexity index is 607. The highest BCUT2D eigenvalue weighted by molar-refractivity contribution is 6.59. The lowest BCUT2D eigenvalue weighted by molar-refractivity contribution is 0.0981. The van der Waals surface area contributed by atoms with Crippen molar-refractivity contribution in [2.24, 2.45) is 0 Å². The fourth-order valence-corrected chi connectivity index (χ4v) is 1.86. The summed E-state index contributed by atoms with van der Waals surface area (Å²) in [6.07, 6.45) is 0. The van der Waals surface area contributed by atoms with E-state index in [1.54, 1.807) is 0 Å². The Morgan fingerprint density at radius 2 is 1.47 bits per heavy atom. The molecule has 1 aliphatic rings. The fraction of sp³-hybridized carbons (Fsp3) is 0. The Morgan fingerprint density at radius 1 is 1.00 bits per heavy atom. The van der Waals surface area contributed by atoms with Crippen LogP contribution in [0.4, 0.5) is 4.39 Å². The number of phenolic OH excluding ortho intramolecular Hbond substituents is 2. The lowest BCUT2D eigenvalue weighted by atomic mass is 9.92. The summed E-state index contributed by atoms with van der Waals surface area (Å²) in [6.45, 7) is 0. The van der Waals surface area contributed by atoms with Gasteiger partial charge in [0.05, 0.1) is 11.1 Å². The van der Waals surface area contributed by atoms with Crippen molar-refractivity contribution >= 4 is 34.8 Å². The van der Waals surface area contributed by atoms with Crippen molar-refractivity contribution in [1.82, 2.24) is 0 Å². The van der Waals surface area contributed by atoms with Crippen molar-refractivity contribution in [3.63, 3.8) is 0 Å². The van der Waals surface area contributed by atoms with Crippen molar-refractivity contribution in [3.8, 4) is 11.5 Å². The van der Waals surface area contributed by atoms with Gasteiger partial charge in [0, 0.05) is 6.07 Å². The quantitative estimate of drug-likeness (QED) is 0.713. The zero-order valence-electron chi connectivity index (χ0n) is 7.92. The highest BCUT2D eigenvalue weighted by Gasteiger charge is 2.36. The summed E-state index contributed by atoms with van der Waals surface area (Å²) in [6, 6.07) is 0.517. The van der Waals surface area contributed by atoms with E-state index in [1.807, 2.05) is 0 Å². The van der Waals surface area contributed by atoms with Gasteiger partial charge in [0.1, 0.15) is 15.8 Å². The summed E-state index contributed by atoms with van der Waals surface area (Å²) in [4.78, 5) is 23.3. The van der Waals surface area contributed by atoms with E-state index < -0.39 is 50.1 Å². The van der Waals surface area contributed by atoms with E-state index in [2.05, 4.69) is 0 Å². The summed E-state index contributed by atoms with van der Waals surface area (Å²) in [7, 11) is 0. The summed E-state index contributed by atoms with van der Waals surface area (Å²) < 4.78 is 13.1. The van der Waals surface area contributed by atoms with Gasteiger partial charge in [-0.3, -0.25) is 9.59 Å². The molecule has 0 saturated heterocycles. The number of Topliss-reactive ketones (excluding diaryl/α,β-unsaturated/α-hetero) is 2. The van der Waals surface area contributed by atoms with Gasteiger partial charge in [-0.1, -0.05) is 23.2 Å². The van der Waals surface area contributed by atoms with Crippen LogP contribution in [0.2, 0.25) is 0 Å². The maximum absolute atomic E-state index is 13.1. The third-order valence-electron chi connectivity index (χ3n) is 2.28. The molecule has 0 aromatic heterocycles. The molecule has 0 spiro atoms. The minimum Gasteiger partial charge on any atom is -0.507 e. The average molecular weight is 277 g/mol. The van der Waals surface area contributed by atoms with Crippen LogP contribution in [0.25, 0.3) is 0 Å². The zero-order valence-corrected chi connectivity index (χ0v) is 9.43. The van der Waals surface area contributed by atoms with Crippen LogP contribution in [0, 0.1) is 5.82 Å². The number of carbonyl (C=O) groups excluding carboxylic acids is 2. The molecule has 0 amide bonds. The number of halogens is 3. The normalized spacial score (nSPS) is 15.2. The van der Waals surface area contributed by atoms with E-state index >= 15 is 0 Å². The third-order valence-corrected chi connectivity index (χ3v) is 3.10. The van der Waals surface area contributed by atoms with Crippen LogP contribution in [-0.4, -0.2) is 21.8 Å². The molecule has 0 heterocycles. The standard InChI is InChI=1S/C10H3Cl2FO4/c11-6-7(12)10(17)5-4(9(6)16)3(14)1-2(13)8(5)15/h1,14-15H. The number of ketones is 2. The molecular weight excluding hydrogens is 274 g/mol. The molecule has 0 atom stereocenters. The first-order valence-electron chi connectivity index (χ1n) is 4.25. The molecule has 4 nitrogen and oxygen atoms in total. The van der Waals surface area contributed by atoms with Crippen molar-refractivity contribution in [2.45, 2.75) is 0 Å². The number of phenols is 2. The second kappa shape index (κ2) is 3.72. The second-order valence-electron chi connectivity index (χ2n) is 3.26. The van der Waals surface area contributed by atoms with Gasteiger partial charge in [0.15, 0.2) is 11.6 Å². The van der Waals surface area contributed by atoms with Crippen molar-refractivity contribution in [2.75, 3.05) is 0 Å². The van der Waals surface area contributed by atoms with Gasteiger partial charge in [-0.25, -0.2) is 4.39 Å². The molecule has 0 aliphatic heterocycles. The molecule has 2 N–H and O–H groups in total. The first kappa shape index (κ1) is 11.9. The molecule has 88 valence electrons. The first-order chi connectivity index (χ1) is 7.86. The Kier molecular flexibility index (Phi) is 2.60. The molecular formula is C10H3Cl2FO4. The molecule has 1 aliphatic carbocycles. The molecule has 2 rings (SSSR count). The topological polar surface area (TPSA) is 74.6 Å². The van der Waals surface area contributed by atoms with E-state index in [9.17, 15) is 24.2 Å². The predicted molar refractivity (Wildman–Crippen MR) is 57.1 cm³/mol. The van der Waals surface area contributed by atoms with Crippen LogP contribution in [0.15, 0.2) is 16.1 Å². The molecule has 0 bridgehead atoms. The minimum absolute atomic E-state index is 0.517.